The number of aromatic nitrogens is 1. The average molecular weight is 209 g/mol. The van der Waals surface area contributed by atoms with Gasteiger partial charge in [-0.25, -0.2) is 4.98 Å². The normalized spacial score (nSPS) is 11.4. The van der Waals surface area contributed by atoms with Crippen molar-refractivity contribution < 1.29 is 5.11 Å². The SMILES string of the molecule is CCC(O)(CC)CNc1cccc(N)n1. The van der Waals surface area contributed by atoms with Gasteiger partial charge in [0.1, 0.15) is 11.6 Å². The summed E-state index contributed by atoms with van der Waals surface area (Å²) in [5.41, 5.74) is 4.89. The predicted molar refractivity (Wildman–Crippen MR) is 62.7 cm³/mol. The molecule has 0 amide bonds. The zero-order chi connectivity index (χ0) is 11.3. The van der Waals surface area contributed by atoms with Gasteiger partial charge in [0.15, 0.2) is 0 Å². The number of hydrogen-bond acceptors (Lipinski definition) is 4. The van der Waals surface area contributed by atoms with E-state index in [0.29, 0.717) is 18.2 Å². The minimum absolute atomic E-state index is 0.483. The number of hydrogen-bond donors (Lipinski definition) is 3. The number of nitrogens with two attached hydrogens (primary N) is 1. The lowest BCUT2D eigenvalue weighted by atomic mass is 9.98. The van der Waals surface area contributed by atoms with Crippen molar-refractivity contribution in [2.24, 2.45) is 0 Å². The molecule has 4 heteroatoms. The Morgan fingerprint density at radius 3 is 2.60 bits per heavy atom. The Balaban J connectivity index is 2.56. The number of pyridine rings is 1. The van der Waals surface area contributed by atoms with Crippen LogP contribution >= 0.6 is 0 Å². The Morgan fingerprint density at radius 1 is 1.40 bits per heavy atom. The van der Waals surface area contributed by atoms with E-state index in [1.807, 2.05) is 26.0 Å². The molecule has 1 aromatic heterocycles. The van der Waals surface area contributed by atoms with E-state index < -0.39 is 5.60 Å². The van der Waals surface area contributed by atoms with Gasteiger partial charge >= 0.3 is 0 Å². The molecule has 1 rings (SSSR count). The third-order valence-corrected chi connectivity index (χ3v) is 2.69. The van der Waals surface area contributed by atoms with Gasteiger partial charge in [-0.2, -0.15) is 0 Å². The summed E-state index contributed by atoms with van der Waals surface area (Å²) in [6, 6.07) is 5.40. The standard InChI is InChI=1S/C11H19N3O/c1-3-11(15,4-2)8-13-10-7-5-6-9(12)14-10/h5-7,15H,3-4,8H2,1-2H3,(H3,12,13,14). The minimum Gasteiger partial charge on any atom is -0.388 e. The Labute approximate surface area is 90.5 Å². The van der Waals surface area contributed by atoms with Gasteiger partial charge in [-0.1, -0.05) is 19.9 Å². The van der Waals surface area contributed by atoms with E-state index in [0.717, 1.165) is 12.8 Å². The Kier molecular flexibility index (Phi) is 3.91. The van der Waals surface area contributed by atoms with Crippen LogP contribution in [0.15, 0.2) is 18.2 Å². The first kappa shape index (κ1) is 11.8. The molecule has 4 nitrogen and oxygen atoms in total. The molecule has 0 spiro atoms. The Hall–Kier alpha value is -1.29. The molecule has 0 bridgehead atoms. The van der Waals surface area contributed by atoms with Gasteiger partial charge in [0, 0.05) is 6.54 Å². The highest BCUT2D eigenvalue weighted by Crippen LogP contribution is 2.15. The molecule has 0 fully saturated rings. The molecule has 4 N–H and O–H groups in total. The van der Waals surface area contributed by atoms with Crippen LogP contribution in [0.1, 0.15) is 26.7 Å². The van der Waals surface area contributed by atoms with Crippen LogP contribution in [0.2, 0.25) is 0 Å². The van der Waals surface area contributed by atoms with Crippen LogP contribution < -0.4 is 11.1 Å². The van der Waals surface area contributed by atoms with E-state index in [9.17, 15) is 5.11 Å². The fourth-order valence-electron chi connectivity index (χ4n) is 1.31. The lowest BCUT2D eigenvalue weighted by Gasteiger charge is -2.25. The molecular formula is C11H19N3O. The quantitative estimate of drug-likeness (QED) is 0.689. The Morgan fingerprint density at radius 2 is 2.07 bits per heavy atom. The molecule has 0 atom stereocenters. The van der Waals surface area contributed by atoms with Crippen LogP contribution in [-0.4, -0.2) is 22.2 Å². The van der Waals surface area contributed by atoms with E-state index in [1.54, 1.807) is 6.07 Å². The number of aliphatic hydroxyl groups is 1. The zero-order valence-corrected chi connectivity index (χ0v) is 9.33. The van der Waals surface area contributed by atoms with Gasteiger partial charge in [0.2, 0.25) is 0 Å². The maximum atomic E-state index is 10.0. The first-order valence-electron chi connectivity index (χ1n) is 5.28. The molecule has 0 aliphatic rings. The fourth-order valence-corrected chi connectivity index (χ4v) is 1.31. The third kappa shape index (κ3) is 3.40. The summed E-state index contributed by atoms with van der Waals surface area (Å²) in [5.74, 6) is 1.19. The highest BCUT2D eigenvalue weighted by Gasteiger charge is 2.21. The number of anilines is 2. The highest BCUT2D eigenvalue weighted by molar-refractivity contribution is 5.42. The average Bonchev–Trinajstić information content (AvgIpc) is 2.26. The van der Waals surface area contributed by atoms with E-state index >= 15 is 0 Å². The van der Waals surface area contributed by atoms with Gasteiger partial charge in [0.05, 0.1) is 5.60 Å². The van der Waals surface area contributed by atoms with Gasteiger partial charge < -0.3 is 16.2 Å². The van der Waals surface area contributed by atoms with E-state index in [-0.39, 0.29) is 0 Å². The number of nitrogens with zero attached hydrogens (tertiary/aromatic N) is 1. The molecule has 0 aliphatic carbocycles. The molecule has 0 saturated carbocycles. The molecule has 0 saturated heterocycles. The molecule has 15 heavy (non-hydrogen) atoms. The fraction of sp³-hybridized carbons (Fsp3) is 0.545. The number of rotatable bonds is 5. The van der Waals surface area contributed by atoms with Crippen LogP contribution in [0.3, 0.4) is 0 Å². The summed E-state index contributed by atoms with van der Waals surface area (Å²) in [6.45, 7) is 4.44. The third-order valence-electron chi connectivity index (χ3n) is 2.69. The summed E-state index contributed by atoms with van der Waals surface area (Å²) >= 11 is 0. The van der Waals surface area contributed by atoms with Crippen molar-refractivity contribution >= 4 is 11.6 Å². The van der Waals surface area contributed by atoms with Crippen LogP contribution in [0.25, 0.3) is 0 Å². The summed E-state index contributed by atoms with van der Waals surface area (Å²) in [7, 11) is 0. The first-order valence-corrected chi connectivity index (χ1v) is 5.28. The Bertz CT molecular complexity index is 310. The number of nitrogens with one attached hydrogen (secondary N) is 1. The van der Waals surface area contributed by atoms with Crippen molar-refractivity contribution in [3.63, 3.8) is 0 Å². The highest BCUT2D eigenvalue weighted by atomic mass is 16.3. The monoisotopic (exact) mass is 209 g/mol. The summed E-state index contributed by atoms with van der Waals surface area (Å²) < 4.78 is 0. The van der Waals surface area contributed by atoms with Crippen LogP contribution in [0.5, 0.6) is 0 Å². The number of nitrogen functional groups attached to an aromatic ring is 1. The van der Waals surface area contributed by atoms with Crippen molar-refractivity contribution in [1.82, 2.24) is 4.98 Å². The lowest BCUT2D eigenvalue weighted by molar-refractivity contribution is 0.0456. The molecule has 1 aromatic rings. The summed E-state index contributed by atoms with van der Waals surface area (Å²) in [6.07, 6.45) is 1.44. The van der Waals surface area contributed by atoms with E-state index in [2.05, 4.69) is 10.3 Å². The van der Waals surface area contributed by atoms with Gasteiger partial charge in [-0.05, 0) is 25.0 Å². The predicted octanol–water partition coefficient (Wildman–Crippen LogP) is 1.63. The minimum atomic E-state index is -0.660. The molecular weight excluding hydrogens is 190 g/mol. The summed E-state index contributed by atoms with van der Waals surface area (Å²) in [5, 5.41) is 13.1. The van der Waals surface area contributed by atoms with Gasteiger partial charge in [-0.3, -0.25) is 0 Å². The van der Waals surface area contributed by atoms with Gasteiger partial charge in [0.25, 0.3) is 0 Å². The smallest absolute Gasteiger partial charge is 0.128 e. The van der Waals surface area contributed by atoms with Crippen LogP contribution in [0, 0.1) is 0 Å². The topological polar surface area (TPSA) is 71.2 Å². The first-order chi connectivity index (χ1) is 7.09. The largest absolute Gasteiger partial charge is 0.388 e. The maximum absolute atomic E-state index is 10.0. The summed E-state index contributed by atoms with van der Waals surface area (Å²) in [4.78, 5) is 4.10. The van der Waals surface area contributed by atoms with Crippen molar-refractivity contribution in [3.05, 3.63) is 18.2 Å². The molecule has 0 aliphatic heterocycles. The van der Waals surface area contributed by atoms with Crippen molar-refractivity contribution in [2.75, 3.05) is 17.6 Å². The van der Waals surface area contributed by atoms with Gasteiger partial charge in [-0.15, -0.1) is 0 Å². The maximum Gasteiger partial charge on any atom is 0.128 e. The van der Waals surface area contributed by atoms with Crippen molar-refractivity contribution in [2.45, 2.75) is 32.3 Å². The molecule has 84 valence electrons. The second-order valence-corrected chi connectivity index (χ2v) is 3.73. The van der Waals surface area contributed by atoms with E-state index in [1.165, 1.54) is 0 Å². The van der Waals surface area contributed by atoms with E-state index in [4.69, 9.17) is 5.73 Å². The molecule has 0 aromatic carbocycles. The van der Waals surface area contributed by atoms with Crippen molar-refractivity contribution in [1.29, 1.82) is 0 Å². The molecule has 1 heterocycles. The zero-order valence-electron chi connectivity index (χ0n) is 9.33. The molecule has 0 radical (unpaired) electrons. The second kappa shape index (κ2) is 4.98. The van der Waals surface area contributed by atoms with Crippen LogP contribution in [0.4, 0.5) is 11.6 Å². The van der Waals surface area contributed by atoms with Crippen molar-refractivity contribution in [3.8, 4) is 0 Å². The molecule has 0 unspecified atom stereocenters. The second-order valence-electron chi connectivity index (χ2n) is 3.73. The lowest BCUT2D eigenvalue weighted by Crippen LogP contribution is -2.35. The van der Waals surface area contributed by atoms with Crippen LogP contribution in [-0.2, 0) is 0 Å².